The third-order valence-electron chi connectivity index (χ3n) is 4.58. The summed E-state index contributed by atoms with van der Waals surface area (Å²) in [7, 11) is 0. The zero-order valence-corrected chi connectivity index (χ0v) is 16.3. The van der Waals surface area contributed by atoms with E-state index in [0.717, 1.165) is 34.6 Å². The molecule has 3 rings (SSSR count). The van der Waals surface area contributed by atoms with E-state index in [9.17, 15) is 18.0 Å². The van der Waals surface area contributed by atoms with Gasteiger partial charge in [0, 0.05) is 17.3 Å². The summed E-state index contributed by atoms with van der Waals surface area (Å²) < 4.78 is 41.8. The summed E-state index contributed by atoms with van der Waals surface area (Å²) in [4.78, 5) is 12.1. The average molecular weight is 399 g/mol. The van der Waals surface area contributed by atoms with E-state index in [0.29, 0.717) is 6.54 Å². The van der Waals surface area contributed by atoms with E-state index in [-0.39, 0.29) is 0 Å². The summed E-state index contributed by atoms with van der Waals surface area (Å²) in [6, 6.07) is 9.85. The lowest BCUT2D eigenvalue weighted by Gasteiger charge is -2.06. The summed E-state index contributed by atoms with van der Waals surface area (Å²) in [5.41, 5.74) is 4.21. The normalized spacial score (nSPS) is 11.2. The number of halogens is 3. The zero-order chi connectivity index (χ0) is 21.1. The second kappa shape index (κ2) is 8.34. The number of aryl methyl sites for hydroxylation is 2. The molecule has 0 unspecified atom stereocenters. The first-order valence-electron chi connectivity index (χ1n) is 8.98. The van der Waals surface area contributed by atoms with Gasteiger partial charge in [-0.1, -0.05) is 29.8 Å². The Morgan fingerprint density at radius 2 is 1.72 bits per heavy atom. The fourth-order valence-electron chi connectivity index (χ4n) is 2.93. The van der Waals surface area contributed by atoms with Gasteiger partial charge in [0.2, 0.25) is 5.91 Å². The molecule has 1 N–H and O–H groups in total. The monoisotopic (exact) mass is 399 g/mol. The highest BCUT2D eigenvalue weighted by Gasteiger charge is 2.15. The Morgan fingerprint density at radius 3 is 2.41 bits per heavy atom. The highest BCUT2D eigenvalue weighted by atomic mass is 19.2. The quantitative estimate of drug-likeness (QED) is 0.489. The number of aromatic nitrogens is 2. The van der Waals surface area contributed by atoms with Crippen molar-refractivity contribution in [3.63, 3.8) is 0 Å². The van der Waals surface area contributed by atoms with Crippen LogP contribution in [0.4, 0.5) is 18.9 Å². The van der Waals surface area contributed by atoms with Crippen molar-refractivity contribution in [3.05, 3.63) is 88.0 Å². The Morgan fingerprint density at radius 1 is 1.03 bits per heavy atom. The molecule has 0 aliphatic carbocycles. The van der Waals surface area contributed by atoms with Gasteiger partial charge in [-0.15, -0.1) is 0 Å². The van der Waals surface area contributed by atoms with E-state index in [1.807, 2.05) is 49.7 Å². The number of hydrogen-bond acceptors (Lipinski definition) is 2. The van der Waals surface area contributed by atoms with Gasteiger partial charge in [-0.25, -0.2) is 13.2 Å². The number of anilines is 1. The standard InChI is InChI=1S/C22H20F3N3O/c1-13-4-6-16(7-5-13)12-28-15(3)17(14(2)27-28)8-11-20(29)26-19-10-9-18(23)21(24)22(19)25/h4-11H,12H2,1-3H3,(H,26,29)/b11-8+. The molecule has 0 fully saturated rings. The lowest BCUT2D eigenvalue weighted by Crippen LogP contribution is -2.10. The van der Waals surface area contributed by atoms with Gasteiger partial charge in [0.25, 0.3) is 0 Å². The van der Waals surface area contributed by atoms with Gasteiger partial charge >= 0.3 is 0 Å². The first-order chi connectivity index (χ1) is 13.8. The fraction of sp³-hybridized carbons (Fsp3) is 0.182. The van der Waals surface area contributed by atoms with Crippen LogP contribution in [0.2, 0.25) is 0 Å². The number of rotatable bonds is 5. The van der Waals surface area contributed by atoms with Crippen LogP contribution >= 0.6 is 0 Å². The molecule has 0 radical (unpaired) electrons. The molecule has 29 heavy (non-hydrogen) atoms. The molecule has 0 saturated carbocycles. The van der Waals surface area contributed by atoms with Crippen molar-refractivity contribution in [3.8, 4) is 0 Å². The summed E-state index contributed by atoms with van der Waals surface area (Å²) in [6.45, 7) is 6.33. The lowest BCUT2D eigenvalue weighted by atomic mass is 10.1. The van der Waals surface area contributed by atoms with Crippen LogP contribution in [0.1, 0.15) is 28.1 Å². The summed E-state index contributed by atoms with van der Waals surface area (Å²) >= 11 is 0. The highest BCUT2D eigenvalue weighted by Crippen LogP contribution is 2.20. The van der Waals surface area contributed by atoms with Crippen molar-refractivity contribution in [2.45, 2.75) is 27.3 Å². The van der Waals surface area contributed by atoms with E-state index in [1.165, 1.54) is 11.6 Å². The predicted molar refractivity (Wildman–Crippen MR) is 106 cm³/mol. The maximum atomic E-state index is 13.7. The largest absolute Gasteiger partial charge is 0.320 e. The van der Waals surface area contributed by atoms with Gasteiger partial charge in [-0.05, 0) is 44.5 Å². The Balaban J connectivity index is 1.75. The van der Waals surface area contributed by atoms with Gasteiger partial charge in [0.15, 0.2) is 17.5 Å². The number of hydrogen-bond donors (Lipinski definition) is 1. The van der Waals surface area contributed by atoms with Crippen molar-refractivity contribution in [2.24, 2.45) is 0 Å². The summed E-state index contributed by atoms with van der Waals surface area (Å²) in [6.07, 6.45) is 2.77. The number of amides is 1. The van der Waals surface area contributed by atoms with E-state index in [4.69, 9.17) is 0 Å². The zero-order valence-electron chi connectivity index (χ0n) is 16.3. The van der Waals surface area contributed by atoms with Gasteiger partial charge in [-0.3, -0.25) is 9.48 Å². The predicted octanol–water partition coefficient (Wildman–Crippen LogP) is 4.93. The number of carbonyl (C=O) groups is 1. The van der Waals surface area contributed by atoms with E-state index in [1.54, 1.807) is 6.08 Å². The molecule has 1 aromatic heterocycles. The van der Waals surface area contributed by atoms with Crippen molar-refractivity contribution in [2.75, 3.05) is 5.32 Å². The van der Waals surface area contributed by atoms with Crippen molar-refractivity contribution in [1.29, 1.82) is 0 Å². The van der Waals surface area contributed by atoms with Gasteiger partial charge in [0.05, 0.1) is 17.9 Å². The lowest BCUT2D eigenvalue weighted by molar-refractivity contribution is -0.111. The Bertz CT molecular complexity index is 1090. The van der Waals surface area contributed by atoms with Crippen molar-refractivity contribution >= 4 is 17.7 Å². The molecule has 4 nitrogen and oxygen atoms in total. The topological polar surface area (TPSA) is 46.9 Å². The fourth-order valence-corrected chi connectivity index (χ4v) is 2.93. The Hall–Kier alpha value is -3.35. The van der Waals surface area contributed by atoms with Gasteiger partial charge < -0.3 is 5.32 Å². The Labute approximate surface area is 166 Å². The Kier molecular flexibility index (Phi) is 5.87. The molecule has 0 bridgehead atoms. The molecule has 150 valence electrons. The molecule has 0 spiro atoms. The maximum Gasteiger partial charge on any atom is 0.248 e. The smallest absolute Gasteiger partial charge is 0.248 e. The van der Waals surface area contributed by atoms with Crippen LogP contribution in [0.5, 0.6) is 0 Å². The van der Waals surface area contributed by atoms with Crippen LogP contribution in [0.25, 0.3) is 6.08 Å². The highest BCUT2D eigenvalue weighted by molar-refractivity contribution is 6.02. The number of nitrogens with zero attached hydrogens (tertiary/aromatic N) is 2. The van der Waals surface area contributed by atoms with Crippen LogP contribution in [-0.4, -0.2) is 15.7 Å². The molecule has 0 aliphatic rings. The third-order valence-corrected chi connectivity index (χ3v) is 4.58. The molecule has 2 aromatic carbocycles. The SMILES string of the molecule is Cc1ccc(Cn2nc(C)c(/C=C/C(=O)Nc3ccc(F)c(F)c3F)c2C)cc1. The molecule has 7 heteroatoms. The molecule has 3 aromatic rings. The van der Waals surface area contributed by atoms with Crippen molar-refractivity contribution in [1.82, 2.24) is 9.78 Å². The molecule has 1 heterocycles. The molecule has 0 saturated heterocycles. The second-order valence-corrected chi connectivity index (χ2v) is 6.77. The summed E-state index contributed by atoms with van der Waals surface area (Å²) in [5, 5.41) is 6.71. The van der Waals surface area contributed by atoms with Crippen LogP contribution in [0.15, 0.2) is 42.5 Å². The first-order valence-corrected chi connectivity index (χ1v) is 8.98. The van der Waals surface area contributed by atoms with Crippen LogP contribution in [-0.2, 0) is 11.3 Å². The van der Waals surface area contributed by atoms with Crippen LogP contribution in [0, 0.1) is 38.2 Å². The van der Waals surface area contributed by atoms with Crippen molar-refractivity contribution < 1.29 is 18.0 Å². The molecule has 1 amide bonds. The summed E-state index contributed by atoms with van der Waals surface area (Å²) in [5.74, 6) is -5.05. The molecular formula is C22H20F3N3O. The maximum absolute atomic E-state index is 13.7. The van der Waals surface area contributed by atoms with E-state index < -0.39 is 29.0 Å². The number of nitrogens with one attached hydrogen (secondary N) is 1. The van der Waals surface area contributed by atoms with Gasteiger partial charge in [-0.2, -0.15) is 5.10 Å². The number of carbonyl (C=O) groups excluding carboxylic acids is 1. The minimum Gasteiger partial charge on any atom is -0.320 e. The van der Waals surface area contributed by atoms with E-state index in [2.05, 4.69) is 10.4 Å². The molecular weight excluding hydrogens is 379 g/mol. The van der Waals surface area contributed by atoms with Crippen LogP contribution in [0.3, 0.4) is 0 Å². The minimum atomic E-state index is -1.63. The van der Waals surface area contributed by atoms with Gasteiger partial charge in [0.1, 0.15) is 0 Å². The second-order valence-electron chi connectivity index (χ2n) is 6.77. The first kappa shape index (κ1) is 20.4. The van der Waals surface area contributed by atoms with E-state index >= 15 is 0 Å². The van der Waals surface area contributed by atoms with Crippen LogP contribution < -0.4 is 5.32 Å². The molecule has 0 aliphatic heterocycles. The third kappa shape index (κ3) is 4.56. The number of benzene rings is 2. The average Bonchev–Trinajstić information content (AvgIpc) is 2.95. The minimum absolute atomic E-state index is 0.429. The molecule has 0 atom stereocenters.